The van der Waals surface area contributed by atoms with Gasteiger partial charge in [-0.1, -0.05) is 6.07 Å². The van der Waals surface area contributed by atoms with E-state index in [2.05, 4.69) is 21.1 Å². The topological polar surface area (TPSA) is 35.4 Å². The third kappa shape index (κ3) is 0.897. The first kappa shape index (κ1) is 8.41. The number of anilines is 1. The summed E-state index contributed by atoms with van der Waals surface area (Å²) in [6.45, 7) is 2.05. The van der Waals surface area contributed by atoms with E-state index in [0.717, 1.165) is 16.9 Å². The second-order valence-corrected chi connectivity index (χ2v) is 3.93. The molecule has 3 aromatic heterocycles. The predicted molar refractivity (Wildman–Crippen MR) is 63.0 cm³/mol. The molecule has 0 aliphatic heterocycles. The maximum Gasteiger partial charge on any atom is 0.0945 e. The van der Waals surface area contributed by atoms with Crippen LogP contribution in [0.15, 0.2) is 30.5 Å². The molecule has 0 spiro atoms. The number of fused-ring (bicyclic) bond motifs is 3. The van der Waals surface area contributed by atoms with E-state index in [9.17, 15) is 0 Å². The molecule has 15 heavy (non-hydrogen) atoms. The van der Waals surface area contributed by atoms with Crippen LogP contribution in [0.1, 0.15) is 5.69 Å². The van der Waals surface area contributed by atoms with E-state index in [-0.39, 0.29) is 0 Å². The lowest BCUT2D eigenvalue weighted by Crippen LogP contribution is -1.93. The number of nitrogens with two attached hydrogens (primary N) is 1. The molecule has 0 amide bonds. The molecule has 2 N–H and O–H groups in total. The molecule has 76 valence electrons. The van der Waals surface area contributed by atoms with Crippen molar-refractivity contribution in [3.63, 3.8) is 0 Å². The van der Waals surface area contributed by atoms with Crippen LogP contribution in [0, 0.1) is 6.92 Å². The highest BCUT2D eigenvalue weighted by Gasteiger charge is 2.12. The van der Waals surface area contributed by atoms with Crippen LogP contribution in [0.5, 0.6) is 0 Å². The van der Waals surface area contributed by atoms with Gasteiger partial charge in [0.1, 0.15) is 0 Å². The van der Waals surface area contributed by atoms with Crippen LogP contribution in [-0.4, -0.2) is 8.97 Å². The molecule has 3 rings (SSSR count). The van der Waals surface area contributed by atoms with Crippen LogP contribution in [0.25, 0.3) is 16.6 Å². The second kappa shape index (κ2) is 2.57. The summed E-state index contributed by atoms with van der Waals surface area (Å²) in [5, 5.41) is 0. The first-order chi connectivity index (χ1) is 7.20. The van der Waals surface area contributed by atoms with Crippen molar-refractivity contribution in [2.24, 2.45) is 7.05 Å². The minimum Gasteiger partial charge on any atom is -0.396 e. The standard InChI is InChI=1S/C12H13N3/c1-8-11(13)12-10(14(8)2)7-9-5-3-4-6-15(9)12/h3-7H,13H2,1-2H3. The largest absolute Gasteiger partial charge is 0.396 e. The molecule has 0 aliphatic carbocycles. The molecule has 0 unspecified atom stereocenters. The molecule has 0 radical (unpaired) electrons. The van der Waals surface area contributed by atoms with Crippen LogP contribution < -0.4 is 5.73 Å². The lowest BCUT2D eigenvalue weighted by Gasteiger charge is -1.98. The van der Waals surface area contributed by atoms with Crippen molar-refractivity contribution in [1.82, 2.24) is 8.97 Å². The van der Waals surface area contributed by atoms with Crippen molar-refractivity contribution in [2.75, 3.05) is 5.73 Å². The fraction of sp³-hybridized carbons (Fsp3) is 0.167. The van der Waals surface area contributed by atoms with Gasteiger partial charge < -0.3 is 14.7 Å². The summed E-state index contributed by atoms with van der Waals surface area (Å²) in [6.07, 6.45) is 2.05. The molecular formula is C12H13N3. The first-order valence-electron chi connectivity index (χ1n) is 5.00. The number of rotatable bonds is 0. The van der Waals surface area contributed by atoms with Crippen molar-refractivity contribution >= 4 is 22.2 Å². The Morgan fingerprint density at radius 3 is 2.87 bits per heavy atom. The van der Waals surface area contributed by atoms with Crippen LogP contribution in [-0.2, 0) is 7.05 Å². The number of aryl methyl sites for hydroxylation is 1. The van der Waals surface area contributed by atoms with Gasteiger partial charge in [-0.15, -0.1) is 0 Å². The Morgan fingerprint density at radius 1 is 1.27 bits per heavy atom. The molecule has 3 heteroatoms. The lowest BCUT2D eigenvalue weighted by atomic mass is 10.4. The highest BCUT2D eigenvalue weighted by molar-refractivity contribution is 5.95. The Labute approximate surface area is 87.7 Å². The van der Waals surface area contributed by atoms with Gasteiger partial charge in [0.25, 0.3) is 0 Å². The number of hydrogen-bond acceptors (Lipinski definition) is 1. The molecule has 3 nitrogen and oxygen atoms in total. The van der Waals surface area contributed by atoms with E-state index in [0.29, 0.717) is 0 Å². The van der Waals surface area contributed by atoms with Crippen molar-refractivity contribution < 1.29 is 0 Å². The van der Waals surface area contributed by atoms with E-state index < -0.39 is 0 Å². The van der Waals surface area contributed by atoms with Crippen molar-refractivity contribution in [1.29, 1.82) is 0 Å². The fourth-order valence-electron chi connectivity index (χ4n) is 2.17. The Bertz CT molecular complexity index is 658. The molecule has 3 heterocycles. The highest BCUT2D eigenvalue weighted by atomic mass is 15.0. The minimum absolute atomic E-state index is 0.874. The SMILES string of the molecule is Cc1c(N)c2c(cc3ccccn32)n1C. The molecule has 0 saturated carbocycles. The van der Waals surface area contributed by atoms with Crippen LogP contribution in [0.4, 0.5) is 5.69 Å². The fourth-order valence-corrected chi connectivity index (χ4v) is 2.17. The average molecular weight is 199 g/mol. The van der Waals surface area contributed by atoms with Crippen molar-refractivity contribution in [2.45, 2.75) is 6.92 Å². The van der Waals surface area contributed by atoms with Gasteiger partial charge in [0.2, 0.25) is 0 Å². The zero-order valence-corrected chi connectivity index (χ0v) is 8.86. The first-order valence-corrected chi connectivity index (χ1v) is 5.00. The summed E-state index contributed by atoms with van der Waals surface area (Å²) in [4.78, 5) is 0. The Balaban J connectivity index is 2.65. The molecular weight excluding hydrogens is 186 g/mol. The molecule has 3 aromatic rings. The second-order valence-electron chi connectivity index (χ2n) is 3.93. The Hall–Kier alpha value is -1.90. The normalized spacial score (nSPS) is 11.6. The van der Waals surface area contributed by atoms with Crippen LogP contribution >= 0.6 is 0 Å². The van der Waals surface area contributed by atoms with Gasteiger partial charge in [-0.25, -0.2) is 0 Å². The average Bonchev–Trinajstić information content (AvgIpc) is 2.72. The smallest absolute Gasteiger partial charge is 0.0945 e. The van der Waals surface area contributed by atoms with Crippen molar-refractivity contribution in [3.05, 3.63) is 36.2 Å². The van der Waals surface area contributed by atoms with Gasteiger partial charge in [0.15, 0.2) is 0 Å². The highest BCUT2D eigenvalue weighted by Crippen LogP contribution is 2.29. The third-order valence-electron chi connectivity index (χ3n) is 3.17. The monoisotopic (exact) mass is 199 g/mol. The number of nitrogen functional groups attached to an aromatic ring is 1. The summed E-state index contributed by atoms with van der Waals surface area (Å²) in [5.41, 5.74) is 11.6. The van der Waals surface area contributed by atoms with E-state index in [1.807, 2.05) is 32.3 Å². The third-order valence-corrected chi connectivity index (χ3v) is 3.17. The van der Waals surface area contributed by atoms with Gasteiger partial charge in [0.05, 0.1) is 16.7 Å². The summed E-state index contributed by atoms with van der Waals surface area (Å²) in [6, 6.07) is 8.32. The van der Waals surface area contributed by atoms with Crippen LogP contribution in [0.3, 0.4) is 0 Å². The van der Waals surface area contributed by atoms with E-state index >= 15 is 0 Å². The molecule has 0 atom stereocenters. The maximum atomic E-state index is 6.11. The van der Waals surface area contributed by atoms with Gasteiger partial charge in [-0.05, 0) is 25.1 Å². The van der Waals surface area contributed by atoms with Crippen molar-refractivity contribution in [3.8, 4) is 0 Å². The Kier molecular flexibility index (Phi) is 1.44. The Morgan fingerprint density at radius 2 is 2.07 bits per heavy atom. The quantitative estimate of drug-likeness (QED) is 0.592. The molecule has 0 bridgehead atoms. The molecule has 0 fully saturated rings. The zero-order chi connectivity index (χ0) is 10.6. The van der Waals surface area contributed by atoms with Gasteiger partial charge >= 0.3 is 0 Å². The molecule has 0 aliphatic rings. The van der Waals surface area contributed by atoms with Gasteiger partial charge in [-0.2, -0.15) is 0 Å². The number of pyridine rings is 1. The van der Waals surface area contributed by atoms with Gasteiger partial charge in [0, 0.05) is 24.5 Å². The summed E-state index contributed by atoms with van der Waals surface area (Å²) in [7, 11) is 2.05. The lowest BCUT2D eigenvalue weighted by molar-refractivity contribution is 0.921. The number of hydrogen-bond donors (Lipinski definition) is 1. The number of nitrogens with zero attached hydrogens (tertiary/aromatic N) is 2. The maximum absolute atomic E-state index is 6.11. The van der Waals surface area contributed by atoms with Gasteiger partial charge in [-0.3, -0.25) is 0 Å². The minimum atomic E-state index is 0.874. The molecule has 0 aromatic carbocycles. The summed E-state index contributed by atoms with van der Waals surface area (Å²) < 4.78 is 4.27. The van der Waals surface area contributed by atoms with E-state index in [1.54, 1.807) is 0 Å². The summed E-state index contributed by atoms with van der Waals surface area (Å²) >= 11 is 0. The van der Waals surface area contributed by atoms with E-state index in [4.69, 9.17) is 5.73 Å². The van der Waals surface area contributed by atoms with E-state index in [1.165, 1.54) is 11.0 Å². The number of aromatic nitrogens is 2. The predicted octanol–water partition coefficient (Wildman–Crippen LogP) is 2.32. The zero-order valence-electron chi connectivity index (χ0n) is 8.86. The summed E-state index contributed by atoms with van der Waals surface area (Å²) in [5.74, 6) is 0. The van der Waals surface area contributed by atoms with Crippen LogP contribution in [0.2, 0.25) is 0 Å². The molecule has 0 saturated heterocycles.